The lowest BCUT2D eigenvalue weighted by Crippen LogP contribution is -2.39. The Morgan fingerprint density at radius 3 is 2.39 bits per heavy atom. The number of aromatic nitrogens is 1. The average Bonchev–Trinajstić information content (AvgIpc) is 2.94. The topological polar surface area (TPSA) is 25.2 Å². The first-order chi connectivity index (χ1) is 10.9. The van der Waals surface area contributed by atoms with Crippen LogP contribution in [0.4, 0.5) is 0 Å². The Morgan fingerprint density at radius 2 is 1.78 bits per heavy atom. The first-order valence-corrected chi connectivity index (χ1v) is 8.75. The minimum Gasteiger partial charge on any atom is -0.266 e. The Hall–Kier alpha value is -1.27. The Morgan fingerprint density at radius 1 is 1.13 bits per heavy atom. The van der Waals surface area contributed by atoms with Gasteiger partial charge in [-0.3, -0.25) is 9.47 Å². The second-order valence-corrected chi connectivity index (χ2v) is 7.61. The van der Waals surface area contributed by atoms with Crippen molar-refractivity contribution in [3.8, 4) is 0 Å². The van der Waals surface area contributed by atoms with E-state index in [-0.39, 0.29) is 5.91 Å². The fraction of sp³-hybridized carbons (Fsp3) is 0.125. The van der Waals surface area contributed by atoms with Crippen molar-refractivity contribution >= 4 is 63.5 Å². The predicted octanol–water partition coefficient (Wildman–Crippen LogP) is 4.95. The zero-order valence-electron chi connectivity index (χ0n) is 12.3. The Bertz CT molecular complexity index is 838. The molecule has 0 unspecified atom stereocenters. The molecule has 0 spiro atoms. The quantitative estimate of drug-likeness (QED) is 0.542. The number of aryl methyl sites for hydroxylation is 2. The number of benzene rings is 1. The number of hydrogen-bond acceptors (Lipinski definition) is 3. The molecule has 3 rings (SSSR count). The van der Waals surface area contributed by atoms with Gasteiger partial charge in [-0.05, 0) is 62.0 Å². The number of carbonyl (C=O) groups excluding carboxylic acids is 1. The standard InChI is InChI=1S/C16H12Cl2N2OS2/c1-9-3-4-10(2)19(9)20-15(21)14(23-16(20)22)7-11-5-6-12(17)8-13(11)18/h3-8H,1-2H3/b14-7+. The third-order valence-electron chi connectivity index (χ3n) is 3.46. The van der Waals surface area contributed by atoms with Crippen molar-refractivity contribution in [2.24, 2.45) is 0 Å². The van der Waals surface area contributed by atoms with Crippen LogP contribution in [-0.2, 0) is 4.79 Å². The number of rotatable bonds is 2. The van der Waals surface area contributed by atoms with Gasteiger partial charge in [0.15, 0.2) is 4.32 Å². The lowest BCUT2D eigenvalue weighted by molar-refractivity contribution is -0.114. The van der Waals surface area contributed by atoms with Gasteiger partial charge in [-0.2, -0.15) is 5.01 Å². The third-order valence-corrected chi connectivity index (χ3v) is 5.30. The van der Waals surface area contributed by atoms with Crippen LogP contribution < -0.4 is 5.01 Å². The van der Waals surface area contributed by atoms with Crippen molar-refractivity contribution < 1.29 is 4.79 Å². The number of amides is 1. The predicted molar refractivity (Wildman–Crippen MR) is 102 cm³/mol. The zero-order valence-corrected chi connectivity index (χ0v) is 15.5. The molecular formula is C16H12Cl2N2OS2. The highest BCUT2D eigenvalue weighted by atomic mass is 35.5. The summed E-state index contributed by atoms with van der Waals surface area (Å²) in [6.45, 7) is 3.87. The second-order valence-electron chi connectivity index (χ2n) is 5.09. The van der Waals surface area contributed by atoms with Gasteiger partial charge >= 0.3 is 0 Å². The van der Waals surface area contributed by atoms with E-state index in [2.05, 4.69) is 0 Å². The Labute approximate surface area is 153 Å². The molecule has 3 nitrogen and oxygen atoms in total. The van der Waals surface area contributed by atoms with E-state index in [1.54, 1.807) is 24.3 Å². The van der Waals surface area contributed by atoms with Crippen LogP contribution in [0.3, 0.4) is 0 Å². The van der Waals surface area contributed by atoms with E-state index >= 15 is 0 Å². The summed E-state index contributed by atoms with van der Waals surface area (Å²) in [7, 11) is 0. The van der Waals surface area contributed by atoms with E-state index in [4.69, 9.17) is 35.4 Å². The molecule has 2 heterocycles. The molecule has 1 fully saturated rings. The maximum atomic E-state index is 12.8. The smallest absolute Gasteiger partial charge is 0.266 e. The van der Waals surface area contributed by atoms with Crippen LogP contribution in [-0.4, -0.2) is 14.9 Å². The highest BCUT2D eigenvalue weighted by Gasteiger charge is 2.34. The molecule has 118 valence electrons. The number of hydrogen-bond donors (Lipinski definition) is 0. The highest BCUT2D eigenvalue weighted by Crippen LogP contribution is 2.34. The molecule has 1 saturated heterocycles. The van der Waals surface area contributed by atoms with E-state index in [0.717, 1.165) is 17.0 Å². The monoisotopic (exact) mass is 382 g/mol. The van der Waals surface area contributed by atoms with Crippen LogP contribution in [0, 0.1) is 13.8 Å². The minimum atomic E-state index is -0.159. The molecule has 1 aliphatic heterocycles. The summed E-state index contributed by atoms with van der Waals surface area (Å²) < 4.78 is 2.32. The van der Waals surface area contributed by atoms with Gasteiger partial charge in [-0.15, -0.1) is 0 Å². The molecule has 1 aromatic carbocycles. The SMILES string of the molecule is Cc1ccc(C)n1N1C(=O)/C(=C\c2ccc(Cl)cc2Cl)SC1=S. The summed E-state index contributed by atoms with van der Waals surface area (Å²) in [6.07, 6.45) is 1.74. The van der Waals surface area contributed by atoms with E-state index in [1.165, 1.54) is 16.8 Å². The number of thiocarbonyl (C=S) groups is 1. The summed E-state index contributed by atoms with van der Waals surface area (Å²) >= 11 is 18.7. The number of carbonyl (C=O) groups is 1. The normalized spacial score (nSPS) is 16.7. The van der Waals surface area contributed by atoms with Crippen LogP contribution in [0.1, 0.15) is 17.0 Å². The van der Waals surface area contributed by atoms with Gasteiger partial charge in [-0.25, -0.2) is 0 Å². The molecule has 2 aromatic rings. The largest absolute Gasteiger partial charge is 0.285 e. The van der Waals surface area contributed by atoms with Gasteiger partial charge in [0, 0.05) is 21.4 Å². The Balaban J connectivity index is 2.00. The second kappa shape index (κ2) is 6.32. The van der Waals surface area contributed by atoms with Crippen LogP contribution >= 0.6 is 47.2 Å². The molecule has 0 atom stereocenters. The maximum Gasteiger partial charge on any atom is 0.285 e. The highest BCUT2D eigenvalue weighted by molar-refractivity contribution is 8.27. The van der Waals surface area contributed by atoms with Crippen LogP contribution in [0.5, 0.6) is 0 Å². The van der Waals surface area contributed by atoms with Gasteiger partial charge < -0.3 is 0 Å². The van der Waals surface area contributed by atoms with Crippen molar-refractivity contribution in [3.63, 3.8) is 0 Å². The van der Waals surface area contributed by atoms with Crippen molar-refractivity contribution in [1.29, 1.82) is 0 Å². The van der Waals surface area contributed by atoms with Gasteiger partial charge in [0.1, 0.15) is 0 Å². The van der Waals surface area contributed by atoms with Gasteiger partial charge in [-0.1, -0.05) is 41.0 Å². The Kier molecular flexibility index (Phi) is 4.56. The fourth-order valence-electron chi connectivity index (χ4n) is 2.37. The number of halogens is 2. The summed E-state index contributed by atoms with van der Waals surface area (Å²) in [6, 6.07) is 9.07. The first-order valence-electron chi connectivity index (χ1n) is 6.76. The molecule has 0 N–H and O–H groups in total. The first kappa shape index (κ1) is 16.6. The van der Waals surface area contributed by atoms with Crippen LogP contribution in [0.25, 0.3) is 6.08 Å². The number of nitrogens with zero attached hydrogens (tertiary/aromatic N) is 2. The van der Waals surface area contributed by atoms with Gasteiger partial charge in [0.05, 0.1) is 4.91 Å². The van der Waals surface area contributed by atoms with E-state index < -0.39 is 0 Å². The van der Waals surface area contributed by atoms with Crippen molar-refractivity contribution in [2.75, 3.05) is 5.01 Å². The summed E-state index contributed by atoms with van der Waals surface area (Å²) in [5.41, 5.74) is 2.63. The average molecular weight is 383 g/mol. The molecule has 1 amide bonds. The van der Waals surface area contributed by atoms with Crippen molar-refractivity contribution in [1.82, 2.24) is 4.68 Å². The van der Waals surface area contributed by atoms with Crippen LogP contribution in [0.15, 0.2) is 35.2 Å². The molecule has 0 radical (unpaired) electrons. The minimum absolute atomic E-state index is 0.159. The maximum absolute atomic E-state index is 12.8. The molecule has 7 heteroatoms. The third kappa shape index (κ3) is 3.06. The summed E-state index contributed by atoms with van der Waals surface area (Å²) in [5, 5.41) is 2.56. The molecule has 1 aliphatic rings. The van der Waals surface area contributed by atoms with Crippen LogP contribution in [0.2, 0.25) is 10.0 Å². The fourth-order valence-corrected chi connectivity index (χ4v) is 4.06. The van der Waals surface area contributed by atoms with Crippen molar-refractivity contribution in [2.45, 2.75) is 13.8 Å². The molecule has 0 saturated carbocycles. The molecule has 23 heavy (non-hydrogen) atoms. The van der Waals surface area contributed by atoms with Gasteiger partial charge in [0.2, 0.25) is 0 Å². The lowest BCUT2D eigenvalue weighted by atomic mass is 10.2. The molecular weight excluding hydrogens is 371 g/mol. The van der Waals surface area contributed by atoms with Gasteiger partial charge in [0.25, 0.3) is 5.91 Å². The lowest BCUT2D eigenvalue weighted by Gasteiger charge is -2.20. The molecule has 1 aromatic heterocycles. The molecule has 0 aliphatic carbocycles. The summed E-state index contributed by atoms with van der Waals surface area (Å²) in [5.74, 6) is -0.159. The molecule has 0 bridgehead atoms. The van der Waals surface area contributed by atoms with E-state index in [9.17, 15) is 4.79 Å². The summed E-state index contributed by atoms with van der Waals surface area (Å²) in [4.78, 5) is 13.3. The van der Waals surface area contributed by atoms with E-state index in [0.29, 0.717) is 19.3 Å². The number of thioether (sulfide) groups is 1. The van der Waals surface area contributed by atoms with E-state index in [1.807, 2.05) is 30.7 Å². The zero-order chi connectivity index (χ0) is 16.7. The van der Waals surface area contributed by atoms with Crippen molar-refractivity contribution in [3.05, 3.63) is 62.2 Å².